The molecule has 0 aromatic rings. The fourth-order valence-corrected chi connectivity index (χ4v) is 3.26. The van der Waals surface area contributed by atoms with E-state index in [1.54, 1.807) is 0 Å². The largest absolute Gasteiger partial charge is 0.341 e. The lowest BCUT2D eigenvalue weighted by atomic mass is 10.0. The minimum Gasteiger partial charge on any atom is -0.341 e. The van der Waals surface area contributed by atoms with Crippen molar-refractivity contribution in [1.29, 1.82) is 0 Å². The van der Waals surface area contributed by atoms with Gasteiger partial charge < -0.3 is 10.2 Å². The van der Waals surface area contributed by atoms with Gasteiger partial charge in [0.15, 0.2) is 0 Å². The van der Waals surface area contributed by atoms with Crippen molar-refractivity contribution in [3.05, 3.63) is 0 Å². The van der Waals surface area contributed by atoms with Crippen molar-refractivity contribution in [2.45, 2.75) is 51.1 Å². The van der Waals surface area contributed by atoms with Gasteiger partial charge in [-0.05, 0) is 52.2 Å². The zero-order valence-corrected chi connectivity index (χ0v) is 14.3. The van der Waals surface area contributed by atoms with Gasteiger partial charge in [0.05, 0.1) is 6.04 Å². The second-order valence-electron chi connectivity index (χ2n) is 5.58. The Balaban J connectivity index is 0.00000180. The topological polar surface area (TPSA) is 35.6 Å². The zero-order chi connectivity index (χ0) is 13.0. The standard InChI is InChI=1S/C14H27N3O.2ClH/c1-3-8-16-9-4-5-13(16)14(18)17-10-6-12(15-2)7-11-17;;/h12-13,15H,3-11H2,1-2H3;2*1H. The van der Waals surface area contributed by atoms with Gasteiger partial charge in [-0.25, -0.2) is 0 Å². The molecule has 0 bridgehead atoms. The first-order chi connectivity index (χ1) is 8.76. The summed E-state index contributed by atoms with van der Waals surface area (Å²) in [6.07, 6.45) is 5.59. The molecule has 0 aromatic carbocycles. The van der Waals surface area contributed by atoms with E-state index in [0.717, 1.165) is 51.9 Å². The Bertz CT molecular complexity index is 284. The van der Waals surface area contributed by atoms with E-state index in [9.17, 15) is 4.79 Å². The lowest BCUT2D eigenvalue weighted by Crippen LogP contribution is -2.50. The molecule has 2 heterocycles. The van der Waals surface area contributed by atoms with Gasteiger partial charge in [0.25, 0.3) is 0 Å². The SMILES string of the molecule is CCCN1CCCC1C(=O)N1CCC(NC)CC1.Cl.Cl. The zero-order valence-electron chi connectivity index (χ0n) is 12.6. The van der Waals surface area contributed by atoms with Gasteiger partial charge in [0, 0.05) is 19.1 Å². The predicted octanol–water partition coefficient (Wildman–Crippen LogP) is 1.91. The minimum absolute atomic E-state index is 0. The summed E-state index contributed by atoms with van der Waals surface area (Å²) < 4.78 is 0. The molecule has 0 saturated carbocycles. The number of amides is 1. The fraction of sp³-hybridized carbons (Fsp3) is 0.929. The molecule has 4 nitrogen and oxygen atoms in total. The third-order valence-corrected chi connectivity index (χ3v) is 4.37. The number of hydrogen-bond acceptors (Lipinski definition) is 3. The number of nitrogens with one attached hydrogen (secondary N) is 1. The maximum Gasteiger partial charge on any atom is 0.239 e. The number of piperidine rings is 1. The van der Waals surface area contributed by atoms with Gasteiger partial charge in [0.2, 0.25) is 5.91 Å². The van der Waals surface area contributed by atoms with Crippen LogP contribution in [0.25, 0.3) is 0 Å². The second-order valence-corrected chi connectivity index (χ2v) is 5.58. The Morgan fingerprint density at radius 3 is 2.35 bits per heavy atom. The highest BCUT2D eigenvalue weighted by Crippen LogP contribution is 2.21. The van der Waals surface area contributed by atoms with E-state index in [4.69, 9.17) is 0 Å². The van der Waals surface area contributed by atoms with E-state index in [2.05, 4.69) is 22.0 Å². The smallest absolute Gasteiger partial charge is 0.239 e. The van der Waals surface area contributed by atoms with Crippen LogP contribution in [-0.4, -0.2) is 61.0 Å². The van der Waals surface area contributed by atoms with Gasteiger partial charge in [0.1, 0.15) is 0 Å². The van der Waals surface area contributed by atoms with Crippen LogP contribution in [0.3, 0.4) is 0 Å². The molecule has 2 saturated heterocycles. The van der Waals surface area contributed by atoms with Crippen molar-refractivity contribution >= 4 is 30.7 Å². The van der Waals surface area contributed by atoms with E-state index in [1.165, 1.54) is 6.42 Å². The molecule has 0 aliphatic carbocycles. The summed E-state index contributed by atoms with van der Waals surface area (Å²) in [6.45, 7) is 6.24. The molecule has 2 fully saturated rings. The van der Waals surface area contributed by atoms with Gasteiger partial charge in [-0.15, -0.1) is 24.8 Å². The highest BCUT2D eigenvalue weighted by Gasteiger charge is 2.34. The number of nitrogens with zero attached hydrogens (tertiary/aromatic N) is 2. The number of likely N-dealkylation sites (tertiary alicyclic amines) is 2. The second kappa shape index (κ2) is 9.82. The Hall–Kier alpha value is -0.0300. The van der Waals surface area contributed by atoms with Crippen molar-refractivity contribution in [2.75, 3.05) is 33.2 Å². The van der Waals surface area contributed by atoms with E-state index >= 15 is 0 Å². The first-order valence-corrected chi connectivity index (χ1v) is 7.46. The molecular weight excluding hydrogens is 297 g/mol. The van der Waals surface area contributed by atoms with Crippen LogP contribution in [0.15, 0.2) is 0 Å². The molecule has 1 atom stereocenters. The summed E-state index contributed by atoms with van der Waals surface area (Å²) in [4.78, 5) is 17.0. The van der Waals surface area contributed by atoms with Gasteiger partial charge in [-0.1, -0.05) is 6.92 Å². The predicted molar refractivity (Wildman–Crippen MR) is 88.0 cm³/mol. The number of carbonyl (C=O) groups excluding carboxylic acids is 1. The Kier molecular flexibility index (Phi) is 9.81. The summed E-state index contributed by atoms with van der Waals surface area (Å²) in [6, 6.07) is 0.778. The van der Waals surface area contributed by atoms with Crippen LogP contribution in [0.4, 0.5) is 0 Å². The van der Waals surface area contributed by atoms with Crippen LogP contribution in [0, 0.1) is 0 Å². The van der Waals surface area contributed by atoms with E-state index in [-0.39, 0.29) is 30.9 Å². The summed E-state index contributed by atoms with van der Waals surface area (Å²) in [5.74, 6) is 0.385. The van der Waals surface area contributed by atoms with Crippen LogP contribution in [0.1, 0.15) is 39.0 Å². The average Bonchev–Trinajstić information content (AvgIpc) is 2.87. The molecule has 2 rings (SSSR count). The van der Waals surface area contributed by atoms with Gasteiger partial charge in [-0.3, -0.25) is 9.69 Å². The van der Waals surface area contributed by atoms with Crippen molar-refractivity contribution in [1.82, 2.24) is 15.1 Å². The molecule has 20 heavy (non-hydrogen) atoms. The molecule has 1 amide bonds. The van der Waals surface area contributed by atoms with Crippen molar-refractivity contribution in [3.63, 3.8) is 0 Å². The molecule has 0 radical (unpaired) electrons. The van der Waals surface area contributed by atoms with E-state index < -0.39 is 0 Å². The Morgan fingerprint density at radius 1 is 1.15 bits per heavy atom. The van der Waals surface area contributed by atoms with Crippen LogP contribution in [0.2, 0.25) is 0 Å². The Labute approximate surface area is 135 Å². The Morgan fingerprint density at radius 2 is 1.80 bits per heavy atom. The minimum atomic E-state index is 0. The van der Waals surface area contributed by atoms with Crippen LogP contribution >= 0.6 is 24.8 Å². The lowest BCUT2D eigenvalue weighted by Gasteiger charge is -2.35. The van der Waals surface area contributed by atoms with E-state index in [0.29, 0.717) is 11.9 Å². The first kappa shape index (κ1) is 20.0. The van der Waals surface area contributed by atoms with Gasteiger partial charge >= 0.3 is 0 Å². The first-order valence-electron chi connectivity index (χ1n) is 7.46. The maximum absolute atomic E-state index is 12.5. The fourth-order valence-electron chi connectivity index (χ4n) is 3.26. The van der Waals surface area contributed by atoms with Crippen molar-refractivity contribution in [3.8, 4) is 0 Å². The summed E-state index contributed by atoms with van der Waals surface area (Å²) in [5, 5.41) is 3.31. The molecule has 120 valence electrons. The van der Waals surface area contributed by atoms with Crippen LogP contribution in [0.5, 0.6) is 0 Å². The highest BCUT2D eigenvalue weighted by molar-refractivity contribution is 5.85. The normalized spacial score (nSPS) is 24.1. The molecule has 2 aliphatic rings. The van der Waals surface area contributed by atoms with Crippen molar-refractivity contribution in [2.24, 2.45) is 0 Å². The molecule has 2 aliphatic heterocycles. The number of rotatable bonds is 4. The summed E-state index contributed by atoms with van der Waals surface area (Å²) in [5.41, 5.74) is 0. The lowest BCUT2D eigenvalue weighted by molar-refractivity contribution is -0.137. The maximum atomic E-state index is 12.5. The van der Waals surface area contributed by atoms with Crippen LogP contribution < -0.4 is 5.32 Å². The third-order valence-electron chi connectivity index (χ3n) is 4.37. The van der Waals surface area contributed by atoms with Gasteiger partial charge in [-0.2, -0.15) is 0 Å². The molecule has 6 heteroatoms. The third kappa shape index (κ3) is 4.76. The molecule has 0 spiro atoms. The van der Waals surface area contributed by atoms with Crippen molar-refractivity contribution < 1.29 is 4.79 Å². The molecular formula is C14H29Cl2N3O. The highest BCUT2D eigenvalue weighted by atomic mass is 35.5. The molecule has 1 unspecified atom stereocenters. The average molecular weight is 326 g/mol. The monoisotopic (exact) mass is 325 g/mol. The molecule has 0 aromatic heterocycles. The molecule has 1 N–H and O–H groups in total. The number of carbonyl (C=O) groups is 1. The quantitative estimate of drug-likeness (QED) is 0.857. The van der Waals surface area contributed by atoms with Crippen LogP contribution in [-0.2, 0) is 4.79 Å². The van der Waals surface area contributed by atoms with E-state index in [1.807, 2.05) is 7.05 Å². The number of hydrogen-bond donors (Lipinski definition) is 1. The number of halogens is 2. The summed E-state index contributed by atoms with van der Waals surface area (Å²) >= 11 is 0. The summed E-state index contributed by atoms with van der Waals surface area (Å²) in [7, 11) is 2.02.